The number of ether oxygens (including phenoxy) is 1. The zero-order chi connectivity index (χ0) is 15.6. The molecule has 0 unspecified atom stereocenters. The summed E-state index contributed by atoms with van der Waals surface area (Å²) < 4.78 is 45.4. The minimum atomic E-state index is -4.02. The standard InChI is InChI=1S/C13H12ClFN2O3S/c1-20-12-7-9(16)3-5-13(12)21(18,19)17-11-4-2-8(14)6-10(11)15/h2-7,17H,16H2,1H3. The molecule has 5 nitrogen and oxygen atoms in total. The number of nitrogens with one attached hydrogen (secondary N) is 1. The normalized spacial score (nSPS) is 11.2. The van der Waals surface area contributed by atoms with Crippen LogP contribution in [0.2, 0.25) is 5.02 Å². The van der Waals surface area contributed by atoms with Crippen LogP contribution in [0.1, 0.15) is 0 Å². The van der Waals surface area contributed by atoms with Crippen molar-refractivity contribution >= 4 is 33.0 Å². The number of nitrogen functional groups attached to an aromatic ring is 1. The number of nitrogens with two attached hydrogens (primary N) is 1. The summed E-state index contributed by atoms with van der Waals surface area (Å²) in [5.74, 6) is -0.711. The number of anilines is 2. The molecule has 0 saturated carbocycles. The molecular formula is C13H12ClFN2O3S. The van der Waals surface area contributed by atoms with E-state index < -0.39 is 15.8 Å². The van der Waals surface area contributed by atoms with Gasteiger partial charge in [0.2, 0.25) is 0 Å². The van der Waals surface area contributed by atoms with Crippen LogP contribution < -0.4 is 15.2 Å². The maximum absolute atomic E-state index is 13.7. The van der Waals surface area contributed by atoms with Gasteiger partial charge >= 0.3 is 0 Å². The van der Waals surface area contributed by atoms with Gasteiger partial charge in [0.15, 0.2) is 0 Å². The molecule has 0 aromatic heterocycles. The van der Waals surface area contributed by atoms with Gasteiger partial charge in [-0.15, -0.1) is 0 Å². The van der Waals surface area contributed by atoms with Crippen LogP contribution in [0.25, 0.3) is 0 Å². The van der Waals surface area contributed by atoms with Gasteiger partial charge in [-0.25, -0.2) is 12.8 Å². The summed E-state index contributed by atoms with van der Waals surface area (Å²) in [6.07, 6.45) is 0. The summed E-state index contributed by atoms with van der Waals surface area (Å²) in [6.45, 7) is 0. The Kier molecular flexibility index (Phi) is 4.24. The summed E-state index contributed by atoms with van der Waals surface area (Å²) >= 11 is 5.62. The van der Waals surface area contributed by atoms with Crippen LogP contribution in [0, 0.1) is 5.82 Å². The summed E-state index contributed by atoms with van der Waals surface area (Å²) in [5.41, 5.74) is 5.71. The molecule has 112 valence electrons. The van der Waals surface area contributed by atoms with Crippen molar-refractivity contribution in [1.82, 2.24) is 0 Å². The number of sulfonamides is 1. The summed E-state index contributed by atoms with van der Waals surface area (Å²) in [7, 11) is -2.71. The van der Waals surface area contributed by atoms with Crippen molar-refractivity contribution in [1.29, 1.82) is 0 Å². The lowest BCUT2D eigenvalue weighted by molar-refractivity contribution is 0.403. The minimum Gasteiger partial charge on any atom is -0.495 e. The Labute approximate surface area is 126 Å². The second-order valence-corrected chi connectivity index (χ2v) is 6.23. The van der Waals surface area contributed by atoms with E-state index in [9.17, 15) is 12.8 Å². The lowest BCUT2D eigenvalue weighted by Gasteiger charge is -2.12. The van der Waals surface area contributed by atoms with E-state index in [1.165, 1.54) is 37.4 Å². The smallest absolute Gasteiger partial charge is 0.265 e. The van der Waals surface area contributed by atoms with E-state index in [-0.39, 0.29) is 21.4 Å². The number of halogens is 2. The van der Waals surface area contributed by atoms with Crippen molar-refractivity contribution in [2.45, 2.75) is 4.90 Å². The lowest BCUT2D eigenvalue weighted by Crippen LogP contribution is -2.15. The molecule has 21 heavy (non-hydrogen) atoms. The van der Waals surface area contributed by atoms with Gasteiger partial charge < -0.3 is 10.5 Å². The van der Waals surface area contributed by atoms with Crippen LogP contribution >= 0.6 is 11.6 Å². The van der Waals surface area contributed by atoms with Crippen LogP contribution in [0.3, 0.4) is 0 Å². The fourth-order valence-corrected chi connectivity index (χ4v) is 3.06. The maximum Gasteiger partial charge on any atom is 0.265 e. The Balaban J connectivity index is 2.43. The van der Waals surface area contributed by atoms with Crippen molar-refractivity contribution in [3.63, 3.8) is 0 Å². The predicted molar refractivity (Wildman–Crippen MR) is 79.6 cm³/mol. The largest absolute Gasteiger partial charge is 0.495 e. The van der Waals surface area contributed by atoms with E-state index in [1.54, 1.807) is 0 Å². The van der Waals surface area contributed by atoms with Crippen LogP contribution in [-0.2, 0) is 10.0 Å². The van der Waals surface area contributed by atoms with Gasteiger partial charge in [-0.3, -0.25) is 4.72 Å². The van der Waals surface area contributed by atoms with Crippen molar-refractivity contribution < 1.29 is 17.5 Å². The number of benzene rings is 2. The second kappa shape index (κ2) is 5.79. The van der Waals surface area contributed by atoms with Gasteiger partial charge in [0.1, 0.15) is 16.5 Å². The molecule has 0 bridgehead atoms. The Morgan fingerprint density at radius 2 is 1.95 bits per heavy atom. The molecule has 0 amide bonds. The van der Waals surface area contributed by atoms with Crippen molar-refractivity contribution in [3.8, 4) is 5.75 Å². The van der Waals surface area contributed by atoms with Gasteiger partial charge in [-0.2, -0.15) is 0 Å². The Bertz CT molecular complexity index is 781. The van der Waals surface area contributed by atoms with E-state index in [4.69, 9.17) is 22.1 Å². The van der Waals surface area contributed by atoms with Crippen LogP contribution in [0.5, 0.6) is 5.75 Å². The van der Waals surface area contributed by atoms with Gasteiger partial charge in [0.05, 0.1) is 12.8 Å². The number of methoxy groups -OCH3 is 1. The van der Waals surface area contributed by atoms with Crippen molar-refractivity contribution in [2.75, 3.05) is 17.6 Å². The zero-order valence-electron chi connectivity index (χ0n) is 10.9. The summed E-state index contributed by atoms with van der Waals surface area (Å²) in [6, 6.07) is 7.69. The fourth-order valence-electron chi connectivity index (χ4n) is 1.68. The van der Waals surface area contributed by atoms with Gasteiger partial charge in [0.25, 0.3) is 10.0 Å². The van der Waals surface area contributed by atoms with Crippen molar-refractivity contribution in [3.05, 3.63) is 47.2 Å². The second-order valence-electron chi connectivity index (χ2n) is 4.14. The topological polar surface area (TPSA) is 81.4 Å². The number of rotatable bonds is 4. The number of hydrogen-bond donors (Lipinski definition) is 2. The molecule has 0 aliphatic heterocycles. The van der Waals surface area contributed by atoms with Crippen LogP contribution in [-0.4, -0.2) is 15.5 Å². The highest BCUT2D eigenvalue weighted by atomic mass is 35.5. The zero-order valence-corrected chi connectivity index (χ0v) is 12.5. The van der Waals surface area contributed by atoms with E-state index in [1.807, 2.05) is 0 Å². The van der Waals surface area contributed by atoms with E-state index in [0.29, 0.717) is 5.69 Å². The highest BCUT2D eigenvalue weighted by Crippen LogP contribution is 2.29. The van der Waals surface area contributed by atoms with E-state index in [0.717, 1.165) is 6.07 Å². The first kappa shape index (κ1) is 15.4. The molecule has 0 atom stereocenters. The van der Waals surface area contributed by atoms with Gasteiger partial charge in [-0.1, -0.05) is 11.6 Å². The first-order chi connectivity index (χ1) is 9.83. The van der Waals surface area contributed by atoms with Crippen molar-refractivity contribution in [2.24, 2.45) is 0 Å². The first-order valence-corrected chi connectivity index (χ1v) is 7.61. The third kappa shape index (κ3) is 3.37. The highest BCUT2D eigenvalue weighted by molar-refractivity contribution is 7.92. The third-order valence-corrected chi connectivity index (χ3v) is 4.29. The van der Waals surface area contributed by atoms with E-state index >= 15 is 0 Å². The highest BCUT2D eigenvalue weighted by Gasteiger charge is 2.21. The maximum atomic E-state index is 13.7. The molecule has 0 aliphatic carbocycles. The summed E-state index contributed by atoms with van der Waals surface area (Å²) in [5, 5.41) is 0.167. The Hall–Kier alpha value is -1.99. The Morgan fingerprint density at radius 1 is 1.24 bits per heavy atom. The lowest BCUT2D eigenvalue weighted by atomic mass is 10.3. The van der Waals surface area contributed by atoms with E-state index in [2.05, 4.69) is 4.72 Å². The quantitative estimate of drug-likeness (QED) is 0.845. The SMILES string of the molecule is COc1cc(N)ccc1S(=O)(=O)Nc1ccc(Cl)cc1F. The molecule has 0 spiro atoms. The molecule has 0 saturated heterocycles. The molecular weight excluding hydrogens is 319 g/mol. The first-order valence-electron chi connectivity index (χ1n) is 5.75. The summed E-state index contributed by atoms with van der Waals surface area (Å²) in [4.78, 5) is -0.145. The molecule has 2 aromatic rings. The minimum absolute atomic E-state index is 0.0665. The van der Waals surface area contributed by atoms with Crippen LogP contribution in [0.15, 0.2) is 41.3 Å². The number of hydrogen-bond acceptors (Lipinski definition) is 4. The molecule has 0 heterocycles. The molecule has 8 heteroatoms. The predicted octanol–water partition coefficient (Wildman–Crippen LogP) is 2.87. The van der Waals surface area contributed by atoms with Gasteiger partial charge in [0, 0.05) is 16.8 Å². The molecule has 0 fully saturated rings. The molecule has 0 radical (unpaired) electrons. The molecule has 2 aromatic carbocycles. The molecule has 2 rings (SSSR count). The monoisotopic (exact) mass is 330 g/mol. The van der Waals surface area contributed by atoms with Crippen LogP contribution in [0.4, 0.5) is 15.8 Å². The third-order valence-electron chi connectivity index (χ3n) is 2.65. The van der Waals surface area contributed by atoms with Gasteiger partial charge in [-0.05, 0) is 30.3 Å². The molecule has 3 N–H and O–H groups in total. The average Bonchev–Trinajstić information content (AvgIpc) is 2.41. The average molecular weight is 331 g/mol. The fraction of sp³-hybridized carbons (Fsp3) is 0.0769. The molecule has 0 aliphatic rings. The Morgan fingerprint density at radius 3 is 2.57 bits per heavy atom.